The van der Waals surface area contributed by atoms with Crippen molar-refractivity contribution in [2.24, 2.45) is 0 Å². The van der Waals surface area contributed by atoms with E-state index in [1.54, 1.807) is 5.56 Å². The zero-order valence-electron chi connectivity index (χ0n) is 12.2. The van der Waals surface area contributed by atoms with Gasteiger partial charge in [-0.2, -0.15) is 0 Å². The Hall–Kier alpha value is -0.860. The Labute approximate surface area is 112 Å². The Bertz CT molecular complexity index is 398. The highest BCUT2D eigenvalue weighted by molar-refractivity contribution is 5.37. The van der Waals surface area contributed by atoms with Crippen molar-refractivity contribution in [3.05, 3.63) is 34.9 Å². The largest absolute Gasteiger partial charge is 0.292 e. The average molecular weight is 246 g/mol. The van der Waals surface area contributed by atoms with Crippen molar-refractivity contribution >= 4 is 0 Å². The van der Waals surface area contributed by atoms with Crippen LogP contribution in [0.2, 0.25) is 0 Å². The first kappa shape index (κ1) is 13.6. The molecule has 1 aromatic carbocycles. The van der Waals surface area contributed by atoms with E-state index >= 15 is 0 Å². The summed E-state index contributed by atoms with van der Waals surface area (Å²) in [5.41, 5.74) is 4.63. The van der Waals surface area contributed by atoms with Gasteiger partial charge in [-0.15, -0.1) is 0 Å². The van der Waals surface area contributed by atoms with Crippen molar-refractivity contribution in [2.45, 2.75) is 39.7 Å². The highest BCUT2D eigenvalue weighted by atomic mass is 15.4. The maximum atomic E-state index is 2.54. The molecule has 2 heteroatoms. The molecule has 0 aromatic heterocycles. The maximum Gasteiger partial charge on any atom is 0.0507 e. The molecule has 100 valence electrons. The van der Waals surface area contributed by atoms with Crippen LogP contribution >= 0.6 is 0 Å². The minimum absolute atomic E-state index is 0.626. The van der Waals surface area contributed by atoms with Crippen molar-refractivity contribution in [1.29, 1.82) is 0 Å². The number of likely N-dealkylation sites (N-methyl/N-ethyl adjacent to an activating group) is 1. The van der Waals surface area contributed by atoms with Crippen LogP contribution in [-0.4, -0.2) is 36.6 Å². The lowest BCUT2D eigenvalue weighted by Crippen LogP contribution is -2.23. The molecule has 0 bridgehead atoms. The van der Waals surface area contributed by atoms with E-state index in [0.29, 0.717) is 5.92 Å². The molecule has 18 heavy (non-hydrogen) atoms. The fourth-order valence-electron chi connectivity index (χ4n) is 2.94. The van der Waals surface area contributed by atoms with Gasteiger partial charge in [-0.3, -0.25) is 9.80 Å². The molecule has 2 nitrogen and oxygen atoms in total. The molecule has 0 spiro atoms. The first-order chi connectivity index (χ1) is 8.61. The molecular weight excluding hydrogens is 220 g/mol. The quantitative estimate of drug-likeness (QED) is 0.805. The van der Waals surface area contributed by atoms with E-state index in [0.717, 1.165) is 19.6 Å². The first-order valence-corrected chi connectivity index (χ1v) is 7.13. The highest BCUT2D eigenvalue weighted by Gasteiger charge is 2.18. The Morgan fingerprint density at radius 3 is 2.56 bits per heavy atom. The Kier molecular flexibility index (Phi) is 4.41. The predicted molar refractivity (Wildman–Crippen MR) is 77.8 cm³/mol. The van der Waals surface area contributed by atoms with Gasteiger partial charge < -0.3 is 0 Å². The van der Waals surface area contributed by atoms with Crippen molar-refractivity contribution < 1.29 is 0 Å². The topological polar surface area (TPSA) is 6.48 Å². The van der Waals surface area contributed by atoms with E-state index in [9.17, 15) is 0 Å². The van der Waals surface area contributed by atoms with E-state index in [4.69, 9.17) is 0 Å². The lowest BCUT2D eigenvalue weighted by atomic mass is 9.91. The summed E-state index contributed by atoms with van der Waals surface area (Å²) in [4.78, 5) is 4.93. The Morgan fingerprint density at radius 1 is 1.22 bits per heavy atom. The van der Waals surface area contributed by atoms with Crippen molar-refractivity contribution in [1.82, 2.24) is 9.80 Å². The third-order valence-corrected chi connectivity index (χ3v) is 3.92. The van der Waals surface area contributed by atoms with Gasteiger partial charge in [-0.25, -0.2) is 0 Å². The third kappa shape index (κ3) is 2.93. The van der Waals surface area contributed by atoms with Gasteiger partial charge in [-0.05, 0) is 36.1 Å². The summed E-state index contributed by atoms with van der Waals surface area (Å²) < 4.78 is 0. The molecule has 0 radical (unpaired) electrons. The van der Waals surface area contributed by atoms with Gasteiger partial charge in [0.2, 0.25) is 0 Å². The number of benzene rings is 1. The molecule has 1 aromatic rings. The predicted octanol–water partition coefficient (Wildman–Crippen LogP) is 3.08. The fraction of sp³-hybridized carbons (Fsp3) is 0.625. The Morgan fingerprint density at radius 2 is 2.00 bits per heavy atom. The van der Waals surface area contributed by atoms with Gasteiger partial charge in [0.05, 0.1) is 6.67 Å². The number of rotatable bonds is 4. The van der Waals surface area contributed by atoms with E-state index < -0.39 is 0 Å². The molecule has 0 saturated carbocycles. The lowest BCUT2D eigenvalue weighted by Gasteiger charge is -2.20. The van der Waals surface area contributed by atoms with Crippen LogP contribution in [0, 0.1) is 0 Å². The fourth-order valence-corrected chi connectivity index (χ4v) is 2.94. The van der Waals surface area contributed by atoms with E-state index in [1.165, 1.54) is 24.2 Å². The van der Waals surface area contributed by atoms with Gasteiger partial charge in [0.15, 0.2) is 0 Å². The number of nitrogens with zero attached hydrogens (tertiary/aromatic N) is 2. The van der Waals surface area contributed by atoms with Crippen LogP contribution in [0.15, 0.2) is 18.2 Å². The second-order valence-electron chi connectivity index (χ2n) is 5.77. The summed E-state index contributed by atoms with van der Waals surface area (Å²) in [6.45, 7) is 11.5. The molecular formula is C16H26N2. The zero-order valence-corrected chi connectivity index (χ0v) is 12.2. The average Bonchev–Trinajstić information content (AvgIpc) is 2.74. The molecule has 1 saturated heterocycles. The number of hydrogen-bond acceptors (Lipinski definition) is 2. The Balaban J connectivity index is 2.19. The highest BCUT2D eigenvalue weighted by Crippen LogP contribution is 2.24. The summed E-state index contributed by atoms with van der Waals surface area (Å²) >= 11 is 0. The van der Waals surface area contributed by atoms with Crippen LogP contribution in [0.5, 0.6) is 0 Å². The second-order valence-corrected chi connectivity index (χ2v) is 5.77. The number of hydrogen-bond donors (Lipinski definition) is 0. The molecule has 1 aliphatic heterocycles. The van der Waals surface area contributed by atoms with Gasteiger partial charge in [0.25, 0.3) is 0 Å². The summed E-state index contributed by atoms with van der Waals surface area (Å²) in [6.07, 6.45) is 1.15. The monoisotopic (exact) mass is 246 g/mol. The minimum Gasteiger partial charge on any atom is -0.292 e. The molecule has 0 unspecified atom stereocenters. The summed E-state index contributed by atoms with van der Waals surface area (Å²) in [5.74, 6) is 0.626. The zero-order chi connectivity index (χ0) is 13.1. The van der Waals surface area contributed by atoms with Crippen LogP contribution < -0.4 is 0 Å². The molecule has 0 aliphatic carbocycles. The van der Waals surface area contributed by atoms with Crippen LogP contribution in [0.1, 0.15) is 43.4 Å². The summed E-state index contributed by atoms with van der Waals surface area (Å²) in [5, 5.41) is 0. The van der Waals surface area contributed by atoms with Crippen molar-refractivity contribution in [3.8, 4) is 0 Å². The van der Waals surface area contributed by atoms with Crippen LogP contribution in [-0.2, 0) is 13.0 Å². The molecule has 1 aliphatic rings. The standard InChI is InChI=1S/C16H26N2/c1-5-15-14(7-6-8-16(15)13(2)3)11-18-10-9-17(4)12-18/h6-8,13H,5,9-12H2,1-4H3. The van der Waals surface area contributed by atoms with Crippen LogP contribution in [0.3, 0.4) is 0 Å². The minimum atomic E-state index is 0.626. The van der Waals surface area contributed by atoms with E-state index in [1.807, 2.05) is 0 Å². The molecule has 0 amide bonds. The first-order valence-electron chi connectivity index (χ1n) is 7.13. The molecule has 0 N–H and O–H groups in total. The molecule has 1 fully saturated rings. The normalized spacial score (nSPS) is 17.8. The summed E-state index contributed by atoms with van der Waals surface area (Å²) in [6, 6.07) is 6.83. The van der Waals surface area contributed by atoms with E-state index in [2.05, 4.69) is 55.8 Å². The third-order valence-electron chi connectivity index (χ3n) is 3.92. The van der Waals surface area contributed by atoms with Crippen molar-refractivity contribution in [2.75, 3.05) is 26.8 Å². The smallest absolute Gasteiger partial charge is 0.0507 e. The van der Waals surface area contributed by atoms with Crippen molar-refractivity contribution in [3.63, 3.8) is 0 Å². The van der Waals surface area contributed by atoms with Gasteiger partial charge >= 0.3 is 0 Å². The summed E-state index contributed by atoms with van der Waals surface area (Å²) in [7, 11) is 2.20. The van der Waals surface area contributed by atoms with Gasteiger partial charge in [0.1, 0.15) is 0 Å². The molecule has 2 rings (SSSR count). The molecule has 1 heterocycles. The second kappa shape index (κ2) is 5.85. The lowest BCUT2D eigenvalue weighted by molar-refractivity contribution is 0.267. The van der Waals surface area contributed by atoms with Crippen LogP contribution in [0.25, 0.3) is 0 Å². The van der Waals surface area contributed by atoms with E-state index in [-0.39, 0.29) is 0 Å². The SMILES string of the molecule is CCc1c(CN2CCN(C)C2)cccc1C(C)C. The maximum absolute atomic E-state index is 2.54. The van der Waals surface area contributed by atoms with Gasteiger partial charge in [-0.1, -0.05) is 39.0 Å². The van der Waals surface area contributed by atoms with Gasteiger partial charge in [0, 0.05) is 19.6 Å². The molecule has 0 atom stereocenters. The van der Waals surface area contributed by atoms with Crippen LogP contribution in [0.4, 0.5) is 0 Å².